The summed E-state index contributed by atoms with van der Waals surface area (Å²) in [7, 11) is 4.27. The Labute approximate surface area is 124 Å². The Kier molecular flexibility index (Phi) is 7.82. The molecule has 114 valence electrons. The molecular formula is C17H31N3. The summed E-state index contributed by atoms with van der Waals surface area (Å²) in [6, 6.07) is 8.94. The number of rotatable bonds is 9. The van der Waals surface area contributed by atoms with Crippen LogP contribution in [0, 0.1) is 0 Å². The monoisotopic (exact) mass is 277 g/mol. The highest BCUT2D eigenvalue weighted by molar-refractivity contribution is 5.25. The SMILES string of the molecule is CCN(CCCN(C)C)Cc1ccc(C(C)CN)cc1. The Balaban J connectivity index is 2.48. The summed E-state index contributed by atoms with van der Waals surface area (Å²) < 4.78 is 0. The van der Waals surface area contributed by atoms with Gasteiger partial charge in [-0.15, -0.1) is 0 Å². The normalized spacial score (nSPS) is 13.2. The van der Waals surface area contributed by atoms with Gasteiger partial charge in [0, 0.05) is 6.54 Å². The van der Waals surface area contributed by atoms with Gasteiger partial charge in [0.25, 0.3) is 0 Å². The van der Waals surface area contributed by atoms with Crippen molar-refractivity contribution in [2.75, 3.05) is 40.3 Å². The maximum Gasteiger partial charge on any atom is 0.0233 e. The lowest BCUT2D eigenvalue weighted by Gasteiger charge is -2.22. The molecule has 0 heterocycles. The van der Waals surface area contributed by atoms with E-state index in [1.54, 1.807) is 0 Å². The molecule has 1 rings (SSSR count). The Morgan fingerprint density at radius 1 is 1.10 bits per heavy atom. The zero-order valence-corrected chi connectivity index (χ0v) is 13.6. The lowest BCUT2D eigenvalue weighted by molar-refractivity contribution is 0.259. The number of hydrogen-bond donors (Lipinski definition) is 1. The van der Waals surface area contributed by atoms with Crippen LogP contribution in [-0.2, 0) is 6.54 Å². The van der Waals surface area contributed by atoms with E-state index in [9.17, 15) is 0 Å². The van der Waals surface area contributed by atoms with Gasteiger partial charge in [0.05, 0.1) is 0 Å². The number of nitrogens with two attached hydrogens (primary N) is 1. The molecule has 0 aromatic heterocycles. The maximum atomic E-state index is 5.71. The van der Waals surface area contributed by atoms with Crippen LogP contribution in [0.2, 0.25) is 0 Å². The summed E-state index contributed by atoms with van der Waals surface area (Å²) in [5.74, 6) is 0.450. The first-order valence-corrected chi connectivity index (χ1v) is 7.72. The molecule has 0 aliphatic carbocycles. The molecule has 0 spiro atoms. The fraction of sp³-hybridized carbons (Fsp3) is 0.647. The third-order valence-electron chi connectivity index (χ3n) is 3.84. The summed E-state index contributed by atoms with van der Waals surface area (Å²) in [6.45, 7) is 9.59. The van der Waals surface area contributed by atoms with Crippen molar-refractivity contribution in [3.8, 4) is 0 Å². The van der Waals surface area contributed by atoms with E-state index >= 15 is 0 Å². The van der Waals surface area contributed by atoms with Gasteiger partial charge in [0.1, 0.15) is 0 Å². The second kappa shape index (κ2) is 9.11. The molecule has 0 amide bonds. The van der Waals surface area contributed by atoms with Crippen molar-refractivity contribution < 1.29 is 0 Å². The summed E-state index contributed by atoms with van der Waals surface area (Å²) in [5, 5.41) is 0. The van der Waals surface area contributed by atoms with Gasteiger partial charge in [-0.05, 0) is 63.7 Å². The van der Waals surface area contributed by atoms with Gasteiger partial charge < -0.3 is 10.6 Å². The van der Waals surface area contributed by atoms with Crippen LogP contribution in [0.25, 0.3) is 0 Å². The molecular weight excluding hydrogens is 246 g/mol. The van der Waals surface area contributed by atoms with Crippen LogP contribution in [0.5, 0.6) is 0 Å². The number of hydrogen-bond acceptors (Lipinski definition) is 3. The molecule has 3 heteroatoms. The van der Waals surface area contributed by atoms with Crippen molar-refractivity contribution in [3.63, 3.8) is 0 Å². The van der Waals surface area contributed by atoms with E-state index < -0.39 is 0 Å². The molecule has 1 aromatic carbocycles. The number of nitrogens with zero attached hydrogens (tertiary/aromatic N) is 2. The molecule has 1 unspecified atom stereocenters. The molecule has 2 N–H and O–H groups in total. The molecule has 0 saturated carbocycles. The highest BCUT2D eigenvalue weighted by Crippen LogP contribution is 2.15. The van der Waals surface area contributed by atoms with Crippen LogP contribution in [-0.4, -0.2) is 50.1 Å². The summed E-state index contributed by atoms with van der Waals surface area (Å²) in [5.41, 5.74) is 8.44. The first-order chi connectivity index (χ1) is 9.56. The summed E-state index contributed by atoms with van der Waals surface area (Å²) in [4.78, 5) is 4.75. The van der Waals surface area contributed by atoms with E-state index in [-0.39, 0.29) is 0 Å². The lowest BCUT2D eigenvalue weighted by Crippen LogP contribution is -2.26. The standard InChI is InChI=1S/C17H31N3/c1-5-20(12-6-11-19(3)4)14-16-7-9-17(10-8-16)15(2)13-18/h7-10,15H,5-6,11-14,18H2,1-4H3. The molecule has 3 nitrogen and oxygen atoms in total. The smallest absolute Gasteiger partial charge is 0.0233 e. The average Bonchev–Trinajstić information content (AvgIpc) is 2.45. The maximum absolute atomic E-state index is 5.71. The van der Waals surface area contributed by atoms with Gasteiger partial charge in [-0.25, -0.2) is 0 Å². The third kappa shape index (κ3) is 6.04. The highest BCUT2D eigenvalue weighted by atomic mass is 15.1. The second-order valence-corrected chi connectivity index (χ2v) is 5.90. The zero-order chi connectivity index (χ0) is 15.0. The van der Waals surface area contributed by atoms with E-state index in [1.165, 1.54) is 17.5 Å². The van der Waals surface area contributed by atoms with Crippen LogP contribution < -0.4 is 5.73 Å². The van der Waals surface area contributed by atoms with E-state index in [0.717, 1.165) is 26.2 Å². The predicted octanol–water partition coefficient (Wildman–Crippen LogP) is 2.52. The van der Waals surface area contributed by atoms with Crippen molar-refractivity contribution >= 4 is 0 Å². The van der Waals surface area contributed by atoms with Crippen molar-refractivity contribution in [3.05, 3.63) is 35.4 Å². The quantitative estimate of drug-likeness (QED) is 0.753. The van der Waals surface area contributed by atoms with Crippen molar-refractivity contribution in [2.24, 2.45) is 5.73 Å². The summed E-state index contributed by atoms with van der Waals surface area (Å²) >= 11 is 0. The highest BCUT2D eigenvalue weighted by Gasteiger charge is 2.06. The second-order valence-electron chi connectivity index (χ2n) is 5.90. The largest absolute Gasteiger partial charge is 0.330 e. The van der Waals surface area contributed by atoms with E-state index in [4.69, 9.17) is 5.73 Å². The number of benzene rings is 1. The molecule has 0 radical (unpaired) electrons. The molecule has 1 aromatic rings. The lowest BCUT2D eigenvalue weighted by atomic mass is 10.00. The van der Waals surface area contributed by atoms with Gasteiger partial charge in [-0.2, -0.15) is 0 Å². The van der Waals surface area contributed by atoms with Gasteiger partial charge in [-0.3, -0.25) is 4.90 Å². The van der Waals surface area contributed by atoms with Crippen LogP contribution in [0.15, 0.2) is 24.3 Å². The van der Waals surface area contributed by atoms with E-state index in [0.29, 0.717) is 12.5 Å². The van der Waals surface area contributed by atoms with Crippen LogP contribution >= 0.6 is 0 Å². The van der Waals surface area contributed by atoms with E-state index in [1.807, 2.05) is 0 Å². The van der Waals surface area contributed by atoms with Crippen LogP contribution in [0.3, 0.4) is 0 Å². The topological polar surface area (TPSA) is 32.5 Å². The molecule has 1 atom stereocenters. The Hall–Kier alpha value is -0.900. The summed E-state index contributed by atoms with van der Waals surface area (Å²) in [6.07, 6.45) is 1.23. The van der Waals surface area contributed by atoms with Gasteiger partial charge >= 0.3 is 0 Å². The molecule has 0 saturated heterocycles. The van der Waals surface area contributed by atoms with Gasteiger partial charge in [0.15, 0.2) is 0 Å². The Bertz CT molecular complexity index is 359. The van der Waals surface area contributed by atoms with Crippen molar-refractivity contribution in [1.29, 1.82) is 0 Å². The fourth-order valence-corrected chi connectivity index (χ4v) is 2.31. The van der Waals surface area contributed by atoms with Gasteiger partial charge in [0.2, 0.25) is 0 Å². The van der Waals surface area contributed by atoms with Crippen LogP contribution in [0.1, 0.15) is 37.3 Å². The van der Waals surface area contributed by atoms with E-state index in [2.05, 4.69) is 62.0 Å². The minimum atomic E-state index is 0.450. The molecule has 0 aliphatic heterocycles. The minimum Gasteiger partial charge on any atom is -0.330 e. The average molecular weight is 277 g/mol. The zero-order valence-electron chi connectivity index (χ0n) is 13.6. The molecule has 0 bridgehead atoms. The Morgan fingerprint density at radius 2 is 1.75 bits per heavy atom. The molecule has 0 aliphatic rings. The first kappa shape index (κ1) is 17.2. The minimum absolute atomic E-state index is 0.450. The predicted molar refractivity (Wildman–Crippen MR) is 88.0 cm³/mol. The Morgan fingerprint density at radius 3 is 2.25 bits per heavy atom. The first-order valence-electron chi connectivity index (χ1n) is 7.72. The van der Waals surface area contributed by atoms with Crippen molar-refractivity contribution in [1.82, 2.24) is 9.80 Å². The van der Waals surface area contributed by atoms with Gasteiger partial charge in [-0.1, -0.05) is 38.1 Å². The molecule has 0 fully saturated rings. The fourth-order valence-electron chi connectivity index (χ4n) is 2.31. The van der Waals surface area contributed by atoms with Crippen molar-refractivity contribution in [2.45, 2.75) is 32.7 Å². The third-order valence-corrected chi connectivity index (χ3v) is 3.84. The molecule has 20 heavy (non-hydrogen) atoms. The van der Waals surface area contributed by atoms with Crippen LogP contribution in [0.4, 0.5) is 0 Å².